The largest absolute Gasteiger partial charge is 0.465 e. The third kappa shape index (κ3) is 9.16. The van der Waals surface area contributed by atoms with Crippen molar-refractivity contribution in [3.63, 3.8) is 0 Å². The van der Waals surface area contributed by atoms with Gasteiger partial charge in [0, 0.05) is 29.9 Å². The highest BCUT2D eigenvalue weighted by Gasteiger charge is 2.65. The SMILES string of the molecule is CCN(CCOC(C)(C)[Si](C)(C)C)c1ccc(/C=C/C2=CC(=C\C=C\C3=C(C#N)C(=C(C#N)C#N)OC3(c3ccccc3)C(F)(F)F)/CC(C)(C)C2)cc1. The van der Waals surface area contributed by atoms with E-state index in [1.54, 1.807) is 30.4 Å². The number of alkyl halides is 3. The molecule has 2 aliphatic rings. The summed E-state index contributed by atoms with van der Waals surface area (Å²) < 4.78 is 57.3. The lowest BCUT2D eigenvalue weighted by Gasteiger charge is -2.38. The van der Waals surface area contributed by atoms with Crippen LogP contribution in [0.5, 0.6) is 0 Å². The van der Waals surface area contributed by atoms with Crippen molar-refractivity contribution in [2.75, 3.05) is 24.6 Å². The molecule has 1 aliphatic carbocycles. The van der Waals surface area contributed by atoms with Gasteiger partial charge >= 0.3 is 6.18 Å². The minimum absolute atomic E-state index is 0.108. The number of hydrogen-bond donors (Lipinski definition) is 0. The standard InChI is InChI=1S/C44H49F3N4O2Si/c1-9-51(24-25-52-42(4,5)54(6,7)8)37-22-20-32(21-23-37)18-19-34-26-33(27-41(2,3)28-34)14-13-17-39-38(31-50)40(35(29-48)30-49)53-43(39,44(45,46)47)36-15-11-10-12-16-36/h10-23,26H,9,24-25,27-28H2,1-8H3/b17-13+,19-18+,33-14+. The van der Waals surface area contributed by atoms with Crippen molar-refractivity contribution in [1.29, 1.82) is 15.8 Å². The summed E-state index contributed by atoms with van der Waals surface area (Å²) in [4.78, 5) is 2.31. The first-order valence-electron chi connectivity index (χ1n) is 18.1. The second-order valence-electron chi connectivity index (χ2n) is 15.9. The first kappa shape index (κ1) is 41.7. The highest BCUT2D eigenvalue weighted by atomic mass is 28.3. The molecule has 0 radical (unpaired) electrons. The molecule has 1 heterocycles. The van der Waals surface area contributed by atoms with Gasteiger partial charge in [-0.2, -0.15) is 29.0 Å². The van der Waals surface area contributed by atoms with Crippen LogP contribution in [0, 0.1) is 39.4 Å². The van der Waals surface area contributed by atoms with E-state index in [9.17, 15) is 15.8 Å². The molecule has 10 heteroatoms. The van der Waals surface area contributed by atoms with Crippen molar-refractivity contribution in [3.8, 4) is 18.2 Å². The molecule has 0 N–H and O–H groups in total. The quantitative estimate of drug-likeness (QED) is 0.158. The first-order chi connectivity index (χ1) is 25.3. The first-order valence-corrected chi connectivity index (χ1v) is 21.6. The van der Waals surface area contributed by atoms with Gasteiger partial charge in [0.05, 0.1) is 19.9 Å². The van der Waals surface area contributed by atoms with Crippen LogP contribution in [0.15, 0.2) is 119 Å². The molecule has 0 bridgehead atoms. The number of likely N-dealkylation sites (N-methyl/N-ethyl adjacent to an activating group) is 1. The van der Waals surface area contributed by atoms with Crippen molar-refractivity contribution in [3.05, 3.63) is 130 Å². The Hall–Kier alpha value is -5.08. The minimum atomic E-state index is -5.04. The Labute approximate surface area is 319 Å². The van der Waals surface area contributed by atoms with Crippen LogP contribution in [-0.4, -0.2) is 39.2 Å². The number of benzene rings is 2. The second kappa shape index (κ2) is 16.5. The molecule has 2 aromatic carbocycles. The third-order valence-electron chi connectivity index (χ3n) is 10.3. The van der Waals surface area contributed by atoms with Gasteiger partial charge in [-0.25, -0.2) is 0 Å². The average molecular weight is 751 g/mol. The van der Waals surface area contributed by atoms with Gasteiger partial charge in [-0.15, -0.1) is 0 Å². The molecule has 0 spiro atoms. The zero-order valence-corrected chi connectivity index (χ0v) is 33.4. The van der Waals surface area contributed by atoms with Gasteiger partial charge in [0.25, 0.3) is 5.60 Å². The minimum Gasteiger partial charge on any atom is -0.465 e. The number of halogens is 3. The van der Waals surface area contributed by atoms with Gasteiger partial charge in [-0.3, -0.25) is 0 Å². The molecule has 1 aliphatic heterocycles. The number of nitriles is 3. The summed E-state index contributed by atoms with van der Waals surface area (Å²) in [5.41, 5.74) is -1.08. The average Bonchev–Trinajstić information content (AvgIpc) is 3.44. The summed E-state index contributed by atoms with van der Waals surface area (Å²) in [6.07, 6.45) is 7.04. The Bertz CT molecular complexity index is 1990. The summed E-state index contributed by atoms with van der Waals surface area (Å²) >= 11 is 0. The molecule has 4 rings (SSSR count). The van der Waals surface area contributed by atoms with Crippen LogP contribution >= 0.6 is 0 Å². The van der Waals surface area contributed by atoms with Crippen LogP contribution in [-0.2, 0) is 15.1 Å². The Kier molecular flexibility index (Phi) is 12.7. The van der Waals surface area contributed by atoms with Crippen molar-refractivity contribution < 1.29 is 22.6 Å². The number of rotatable bonds is 12. The number of hydrogen-bond acceptors (Lipinski definition) is 6. The predicted octanol–water partition coefficient (Wildman–Crippen LogP) is 11.0. The summed E-state index contributed by atoms with van der Waals surface area (Å²) in [6.45, 7) is 20.1. The summed E-state index contributed by atoms with van der Waals surface area (Å²) in [5.74, 6) is -0.687. The van der Waals surface area contributed by atoms with Gasteiger partial charge < -0.3 is 14.4 Å². The van der Waals surface area contributed by atoms with E-state index in [4.69, 9.17) is 9.47 Å². The Morgan fingerprint density at radius 3 is 2.15 bits per heavy atom. The molecule has 0 saturated carbocycles. The zero-order chi connectivity index (χ0) is 40.0. The lowest BCUT2D eigenvalue weighted by Crippen LogP contribution is -2.50. The third-order valence-corrected chi connectivity index (χ3v) is 14.1. The Balaban J connectivity index is 1.62. The maximum absolute atomic E-state index is 15.1. The maximum atomic E-state index is 15.1. The number of ether oxygens (including phenoxy) is 2. The van der Waals surface area contributed by atoms with E-state index >= 15 is 13.2 Å². The number of anilines is 1. The highest BCUT2D eigenvalue weighted by Crippen LogP contribution is 2.55. The fourth-order valence-electron chi connectivity index (χ4n) is 6.52. The van der Waals surface area contributed by atoms with E-state index in [2.05, 4.69) is 95.6 Å². The van der Waals surface area contributed by atoms with Gasteiger partial charge in [0.2, 0.25) is 0 Å². The van der Waals surface area contributed by atoms with Crippen molar-refractivity contribution in [1.82, 2.24) is 0 Å². The van der Waals surface area contributed by atoms with E-state index in [0.29, 0.717) is 13.0 Å². The van der Waals surface area contributed by atoms with E-state index in [1.807, 2.05) is 6.08 Å². The zero-order valence-electron chi connectivity index (χ0n) is 32.4. The molecule has 0 amide bonds. The molecule has 0 aromatic heterocycles. The van der Waals surface area contributed by atoms with Crippen molar-refractivity contribution in [2.45, 2.75) is 84.1 Å². The Morgan fingerprint density at radius 1 is 0.944 bits per heavy atom. The normalized spacial score (nSPS) is 19.7. The van der Waals surface area contributed by atoms with E-state index in [-0.39, 0.29) is 16.2 Å². The number of nitrogens with zero attached hydrogens (tertiary/aromatic N) is 4. The molecule has 2 aromatic rings. The summed E-state index contributed by atoms with van der Waals surface area (Å²) in [6, 6.07) is 20.3. The lowest BCUT2D eigenvalue weighted by molar-refractivity contribution is -0.249. The van der Waals surface area contributed by atoms with Crippen LogP contribution in [0.3, 0.4) is 0 Å². The highest BCUT2D eigenvalue weighted by molar-refractivity contribution is 6.78. The summed E-state index contributed by atoms with van der Waals surface area (Å²) in [7, 11) is -1.47. The van der Waals surface area contributed by atoms with Crippen molar-refractivity contribution in [2.24, 2.45) is 5.41 Å². The van der Waals surface area contributed by atoms with Crippen molar-refractivity contribution >= 4 is 19.8 Å². The molecule has 0 fully saturated rings. The molecule has 1 atom stereocenters. The monoisotopic (exact) mass is 750 g/mol. The van der Waals surface area contributed by atoms with Crippen LogP contribution < -0.4 is 4.90 Å². The maximum Gasteiger partial charge on any atom is 0.437 e. The van der Waals surface area contributed by atoms with Crippen LogP contribution in [0.2, 0.25) is 19.6 Å². The molecule has 282 valence electrons. The van der Waals surface area contributed by atoms with Gasteiger partial charge in [-0.1, -0.05) is 112 Å². The van der Waals surface area contributed by atoms with Crippen LogP contribution in [0.4, 0.5) is 18.9 Å². The van der Waals surface area contributed by atoms with E-state index in [1.165, 1.54) is 36.4 Å². The predicted molar refractivity (Wildman–Crippen MR) is 211 cm³/mol. The molecular formula is C44H49F3N4O2Si. The molecule has 1 unspecified atom stereocenters. The molecule has 54 heavy (non-hydrogen) atoms. The Morgan fingerprint density at radius 2 is 1.59 bits per heavy atom. The molecular weight excluding hydrogens is 702 g/mol. The second-order valence-corrected chi connectivity index (χ2v) is 21.6. The topological polar surface area (TPSA) is 93.1 Å². The van der Waals surface area contributed by atoms with E-state index < -0.39 is 42.3 Å². The van der Waals surface area contributed by atoms with E-state index in [0.717, 1.165) is 41.9 Å². The van der Waals surface area contributed by atoms with Crippen LogP contribution in [0.25, 0.3) is 6.08 Å². The van der Waals surface area contributed by atoms with Crippen LogP contribution in [0.1, 0.15) is 58.6 Å². The number of allylic oxidation sites excluding steroid dienone is 8. The lowest BCUT2D eigenvalue weighted by atomic mass is 9.75. The van der Waals surface area contributed by atoms with Gasteiger partial charge in [0.15, 0.2) is 11.3 Å². The smallest absolute Gasteiger partial charge is 0.437 e. The molecule has 6 nitrogen and oxygen atoms in total. The summed E-state index contributed by atoms with van der Waals surface area (Å²) in [5, 5.41) is 29.0. The van der Waals surface area contributed by atoms with Gasteiger partial charge in [-0.05, 0) is 67.9 Å². The molecule has 0 saturated heterocycles. The fourth-order valence-corrected chi connectivity index (χ4v) is 7.05. The van der Waals surface area contributed by atoms with Gasteiger partial charge in [0.1, 0.15) is 23.8 Å². The fraction of sp³-hybridized carbons (Fsp3) is 0.386.